The molecule has 2 heterocycles. The fraction of sp³-hybridized carbons (Fsp3) is 0.267. The van der Waals surface area contributed by atoms with Crippen LogP contribution in [-0.2, 0) is 26.2 Å². The van der Waals surface area contributed by atoms with E-state index in [0.717, 1.165) is 18.8 Å². The van der Waals surface area contributed by atoms with Crippen molar-refractivity contribution in [3.8, 4) is 0 Å². The zero-order valence-electron chi connectivity index (χ0n) is 12.1. The van der Waals surface area contributed by atoms with Crippen molar-refractivity contribution in [2.45, 2.75) is 26.2 Å². The van der Waals surface area contributed by atoms with Gasteiger partial charge in [-0.3, -0.25) is 10.00 Å². The molecule has 2 aromatic heterocycles. The second-order valence-electron chi connectivity index (χ2n) is 5.02. The summed E-state index contributed by atoms with van der Waals surface area (Å²) in [5.74, 6) is 1.09. The molecular formula is C15H18N6O. The van der Waals surface area contributed by atoms with Crippen LogP contribution >= 0.6 is 0 Å². The molecule has 0 saturated carbocycles. The van der Waals surface area contributed by atoms with Crippen molar-refractivity contribution in [2.75, 3.05) is 0 Å². The topological polar surface area (TPSA) is 96.9 Å². The van der Waals surface area contributed by atoms with Crippen LogP contribution < -0.4 is 5.73 Å². The molecule has 0 bridgehead atoms. The highest BCUT2D eigenvalue weighted by molar-refractivity contribution is 5.14. The highest BCUT2D eigenvalue weighted by Crippen LogP contribution is 2.11. The van der Waals surface area contributed by atoms with E-state index in [9.17, 15) is 0 Å². The summed E-state index contributed by atoms with van der Waals surface area (Å²) in [7, 11) is 0. The lowest BCUT2D eigenvalue weighted by Gasteiger charge is -2.19. The highest BCUT2D eigenvalue weighted by Gasteiger charge is 2.13. The lowest BCUT2D eigenvalue weighted by Crippen LogP contribution is -2.23. The van der Waals surface area contributed by atoms with Crippen LogP contribution in [-0.4, -0.2) is 25.2 Å². The molecule has 0 fully saturated rings. The number of aromatic amines is 1. The van der Waals surface area contributed by atoms with E-state index in [2.05, 4.69) is 37.4 Å². The molecular weight excluding hydrogens is 280 g/mol. The predicted molar refractivity (Wildman–Crippen MR) is 80.2 cm³/mol. The van der Waals surface area contributed by atoms with E-state index in [1.54, 1.807) is 6.20 Å². The Kier molecular flexibility index (Phi) is 4.57. The fourth-order valence-electron chi connectivity index (χ4n) is 2.26. The van der Waals surface area contributed by atoms with Gasteiger partial charge in [-0.05, 0) is 11.6 Å². The van der Waals surface area contributed by atoms with Gasteiger partial charge in [-0.25, -0.2) is 0 Å². The molecule has 0 aliphatic carbocycles. The van der Waals surface area contributed by atoms with Gasteiger partial charge >= 0.3 is 0 Å². The molecule has 0 atom stereocenters. The molecule has 0 amide bonds. The van der Waals surface area contributed by atoms with Crippen molar-refractivity contribution in [3.63, 3.8) is 0 Å². The Morgan fingerprint density at radius 2 is 1.95 bits per heavy atom. The van der Waals surface area contributed by atoms with Gasteiger partial charge in [-0.15, -0.1) is 0 Å². The van der Waals surface area contributed by atoms with E-state index in [0.29, 0.717) is 18.3 Å². The minimum absolute atomic E-state index is 0.256. The third-order valence-corrected chi connectivity index (χ3v) is 3.25. The number of H-pyrrole nitrogens is 1. The molecule has 3 aromatic rings. The maximum absolute atomic E-state index is 5.50. The largest absolute Gasteiger partial charge is 0.338 e. The summed E-state index contributed by atoms with van der Waals surface area (Å²) in [6.45, 7) is 2.34. The monoisotopic (exact) mass is 298 g/mol. The summed E-state index contributed by atoms with van der Waals surface area (Å²) in [6.07, 6.45) is 1.75. The Balaban J connectivity index is 1.73. The molecule has 114 valence electrons. The maximum atomic E-state index is 5.50. The van der Waals surface area contributed by atoms with Gasteiger partial charge < -0.3 is 10.3 Å². The molecule has 0 aliphatic rings. The zero-order valence-corrected chi connectivity index (χ0v) is 12.1. The van der Waals surface area contributed by atoms with Gasteiger partial charge in [0, 0.05) is 25.0 Å². The molecule has 0 radical (unpaired) electrons. The van der Waals surface area contributed by atoms with Crippen molar-refractivity contribution < 1.29 is 4.52 Å². The average molecular weight is 298 g/mol. The first kappa shape index (κ1) is 14.4. The van der Waals surface area contributed by atoms with Gasteiger partial charge in [0.2, 0.25) is 5.89 Å². The van der Waals surface area contributed by atoms with Gasteiger partial charge in [0.05, 0.1) is 13.1 Å². The Morgan fingerprint density at radius 3 is 2.64 bits per heavy atom. The summed E-state index contributed by atoms with van der Waals surface area (Å²) in [4.78, 5) is 6.49. The summed E-state index contributed by atoms with van der Waals surface area (Å²) < 4.78 is 5.07. The number of aromatic nitrogens is 4. The summed E-state index contributed by atoms with van der Waals surface area (Å²) in [5, 5.41) is 10.9. The molecule has 0 aliphatic heterocycles. The van der Waals surface area contributed by atoms with Crippen LogP contribution in [0.15, 0.2) is 47.1 Å². The second-order valence-corrected chi connectivity index (χ2v) is 5.02. The normalized spacial score (nSPS) is 11.2. The van der Waals surface area contributed by atoms with Crippen LogP contribution in [0.1, 0.15) is 23.0 Å². The molecule has 7 nitrogen and oxygen atoms in total. The number of nitrogens with zero attached hydrogens (tertiary/aromatic N) is 4. The quantitative estimate of drug-likeness (QED) is 0.685. The van der Waals surface area contributed by atoms with E-state index in [-0.39, 0.29) is 6.54 Å². The Morgan fingerprint density at radius 1 is 1.09 bits per heavy atom. The molecule has 22 heavy (non-hydrogen) atoms. The van der Waals surface area contributed by atoms with Gasteiger partial charge in [0.25, 0.3) is 0 Å². The summed E-state index contributed by atoms with van der Waals surface area (Å²) >= 11 is 0. The molecule has 3 N–H and O–H groups in total. The van der Waals surface area contributed by atoms with Gasteiger partial charge in [0.1, 0.15) is 0 Å². The van der Waals surface area contributed by atoms with E-state index < -0.39 is 0 Å². The number of rotatable bonds is 7. The SMILES string of the molecule is NCc1nc(CN(Cc2ccccc2)Cc2ccn[nH]2)no1. The first-order valence-electron chi connectivity index (χ1n) is 7.09. The zero-order chi connectivity index (χ0) is 15.2. The number of hydrogen-bond donors (Lipinski definition) is 2. The third kappa shape index (κ3) is 3.78. The number of nitrogens with two attached hydrogens (primary N) is 1. The van der Waals surface area contributed by atoms with Gasteiger partial charge in [-0.1, -0.05) is 35.5 Å². The van der Waals surface area contributed by atoms with Crippen LogP contribution in [0, 0.1) is 0 Å². The van der Waals surface area contributed by atoms with E-state index in [1.165, 1.54) is 5.56 Å². The number of nitrogens with one attached hydrogen (secondary N) is 1. The Bertz CT molecular complexity index is 679. The first-order chi connectivity index (χ1) is 10.8. The highest BCUT2D eigenvalue weighted by atomic mass is 16.5. The predicted octanol–water partition coefficient (Wildman–Crippen LogP) is 1.45. The van der Waals surface area contributed by atoms with E-state index in [1.807, 2.05) is 24.3 Å². The minimum Gasteiger partial charge on any atom is -0.338 e. The van der Waals surface area contributed by atoms with Crippen LogP contribution in [0.5, 0.6) is 0 Å². The molecule has 1 aromatic carbocycles. The van der Waals surface area contributed by atoms with E-state index >= 15 is 0 Å². The summed E-state index contributed by atoms with van der Waals surface area (Å²) in [6, 6.07) is 12.2. The van der Waals surface area contributed by atoms with Crippen molar-refractivity contribution in [3.05, 3.63) is 65.6 Å². The smallest absolute Gasteiger partial charge is 0.240 e. The number of hydrogen-bond acceptors (Lipinski definition) is 6. The number of benzene rings is 1. The van der Waals surface area contributed by atoms with Crippen molar-refractivity contribution >= 4 is 0 Å². The maximum Gasteiger partial charge on any atom is 0.240 e. The molecule has 0 unspecified atom stereocenters. The lowest BCUT2D eigenvalue weighted by atomic mass is 10.2. The standard InChI is InChI=1S/C15H18N6O/c16-8-15-18-14(20-22-15)11-21(10-13-6-7-17-19-13)9-12-4-2-1-3-5-12/h1-7H,8-11,16H2,(H,17,19). The van der Waals surface area contributed by atoms with Crippen molar-refractivity contribution in [1.29, 1.82) is 0 Å². The van der Waals surface area contributed by atoms with Crippen LogP contribution in [0.4, 0.5) is 0 Å². The second kappa shape index (κ2) is 6.97. The fourth-order valence-corrected chi connectivity index (χ4v) is 2.26. The van der Waals surface area contributed by atoms with Crippen LogP contribution in [0.25, 0.3) is 0 Å². The van der Waals surface area contributed by atoms with Crippen LogP contribution in [0.2, 0.25) is 0 Å². The Labute approximate surface area is 128 Å². The van der Waals surface area contributed by atoms with Gasteiger partial charge in [-0.2, -0.15) is 10.1 Å². The van der Waals surface area contributed by atoms with Crippen LogP contribution in [0.3, 0.4) is 0 Å². The van der Waals surface area contributed by atoms with Gasteiger partial charge in [0.15, 0.2) is 5.82 Å². The van der Waals surface area contributed by atoms with Crippen molar-refractivity contribution in [1.82, 2.24) is 25.2 Å². The minimum atomic E-state index is 0.256. The Hall–Kier alpha value is -2.51. The van der Waals surface area contributed by atoms with Crippen molar-refractivity contribution in [2.24, 2.45) is 5.73 Å². The first-order valence-corrected chi connectivity index (χ1v) is 7.09. The third-order valence-electron chi connectivity index (χ3n) is 3.25. The molecule has 7 heteroatoms. The molecule has 3 rings (SSSR count). The summed E-state index contributed by atoms with van der Waals surface area (Å²) in [5.41, 5.74) is 7.77. The molecule has 0 saturated heterocycles. The van der Waals surface area contributed by atoms with E-state index in [4.69, 9.17) is 10.3 Å². The molecule has 0 spiro atoms. The lowest BCUT2D eigenvalue weighted by molar-refractivity contribution is 0.234. The average Bonchev–Trinajstić information content (AvgIpc) is 3.20.